The van der Waals surface area contributed by atoms with Gasteiger partial charge in [-0.1, -0.05) is 34.1 Å². The second kappa shape index (κ2) is 6.26. The molecule has 0 aliphatic rings. The molecular formula is C12H14BrN3OS. The van der Waals surface area contributed by atoms with Gasteiger partial charge in [-0.15, -0.1) is 0 Å². The lowest BCUT2D eigenvalue weighted by Gasteiger charge is -2.07. The van der Waals surface area contributed by atoms with Gasteiger partial charge < -0.3 is 10.1 Å². The third kappa shape index (κ3) is 3.28. The molecule has 1 heterocycles. The summed E-state index contributed by atoms with van der Waals surface area (Å²) in [7, 11) is 1.64. The molecule has 96 valence electrons. The Hall–Kier alpha value is -0.980. The molecule has 0 saturated carbocycles. The molecule has 0 amide bonds. The quantitative estimate of drug-likeness (QED) is 0.914. The average Bonchev–Trinajstić information content (AvgIpc) is 2.79. The van der Waals surface area contributed by atoms with E-state index in [4.69, 9.17) is 4.74 Å². The molecule has 0 unspecified atom stereocenters. The summed E-state index contributed by atoms with van der Waals surface area (Å²) in [6.07, 6.45) is 0. The topological polar surface area (TPSA) is 47.0 Å². The van der Waals surface area contributed by atoms with Crippen LogP contribution in [-0.4, -0.2) is 16.5 Å². The summed E-state index contributed by atoms with van der Waals surface area (Å²) < 4.78 is 10.3. The first-order chi connectivity index (χ1) is 8.70. The number of halogens is 1. The van der Waals surface area contributed by atoms with E-state index >= 15 is 0 Å². The minimum atomic E-state index is 0.451. The first kappa shape index (κ1) is 13.5. The van der Waals surface area contributed by atoms with E-state index in [1.54, 1.807) is 7.11 Å². The van der Waals surface area contributed by atoms with Crippen molar-refractivity contribution >= 4 is 32.6 Å². The van der Waals surface area contributed by atoms with E-state index < -0.39 is 0 Å². The Labute approximate surface area is 119 Å². The van der Waals surface area contributed by atoms with Gasteiger partial charge in [-0.2, -0.15) is 4.37 Å². The Morgan fingerprint density at radius 2 is 2.28 bits per heavy atom. The van der Waals surface area contributed by atoms with Crippen LogP contribution in [0.4, 0.5) is 5.13 Å². The molecule has 1 aromatic heterocycles. The Balaban J connectivity index is 2.00. The lowest BCUT2D eigenvalue weighted by Crippen LogP contribution is -2.01. The van der Waals surface area contributed by atoms with Crippen LogP contribution >= 0.6 is 27.5 Å². The van der Waals surface area contributed by atoms with Crippen LogP contribution in [-0.2, 0) is 17.9 Å². The fourth-order valence-electron chi connectivity index (χ4n) is 1.53. The van der Waals surface area contributed by atoms with Crippen molar-refractivity contribution in [2.24, 2.45) is 0 Å². The molecule has 2 rings (SSSR count). The number of benzene rings is 1. The molecule has 1 N–H and O–H groups in total. The number of ether oxygens (including phenoxy) is 1. The van der Waals surface area contributed by atoms with Crippen LogP contribution in [0.3, 0.4) is 0 Å². The molecule has 0 fully saturated rings. The predicted octanol–water partition coefficient (Wildman–Crippen LogP) is 3.37. The van der Waals surface area contributed by atoms with Gasteiger partial charge in [-0.05, 0) is 18.1 Å². The number of nitrogens with one attached hydrogen (secondary N) is 1. The zero-order valence-corrected chi connectivity index (χ0v) is 12.6. The summed E-state index contributed by atoms with van der Waals surface area (Å²) in [5.74, 6) is 0.716. The van der Waals surface area contributed by atoms with E-state index in [2.05, 4.69) is 49.7 Å². The van der Waals surface area contributed by atoms with E-state index in [1.807, 2.05) is 6.07 Å². The van der Waals surface area contributed by atoms with Crippen molar-refractivity contribution in [3.8, 4) is 0 Å². The number of rotatable bonds is 5. The number of nitrogens with zero attached hydrogens (tertiary/aromatic N) is 2. The zero-order chi connectivity index (χ0) is 13.0. The number of methoxy groups -OCH3 is 1. The Morgan fingerprint density at radius 3 is 3.06 bits per heavy atom. The van der Waals surface area contributed by atoms with Crippen LogP contribution in [0, 0.1) is 6.92 Å². The van der Waals surface area contributed by atoms with Crippen molar-refractivity contribution in [1.29, 1.82) is 0 Å². The van der Waals surface area contributed by atoms with Crippen molar-refractivity contribution in [2.45, 2.75) is 20.1 Å². The first-order valence-electron chi connectivity index (χ1n) is 5.50. The fourth-order valence-corrected chi connectivity index (χ4v) is 2.50. The van der Waals surface area contributed by atoms with Gasteiger partial charge in [0.15, 0.2) is 5.82 Å². The minimum absolute atomic E-state index is 0.451. The molecule has 0 bridgehead atoms. The van der Waals surface area contributed by atoms with E-state index in [0.29, 0.717) is 12.4 Å². The van der Waals surface area contributed by atoms with E-state index in [0.717, 1.165) is 16.1 Å². The highest BCUT2D eigenvalue weighted by molar-refractivity contribution is 9.10. The smallest absolute Gasteiger partial charge is 0.202 e. The van der Waals surface area contributed by atoms with Gasteiger partial charge in [0.1, 0.15) is 6.61 Å². The highest BCUT2D eigenvalue weighted by Crippen LogP contribution is 2.22. The molecule has 0 radical (unpaired) electrons. The van der Waals surface area contributed by atoms with Gasteiger partial charge >= 0.3 is 0 Å². The molecule has 0 aliphatic carbocycles. The first-order valence-corrected chi connectivity index (χ1v) is 7.06. The van der Waals surface area contributed by atoms with Crippen molar-refractivity contribution in [3.05, 3.63) is 39.6 Å². The molecule has 6 heteroatoms. The summed E-state index contributed by atoms with van der Waals surface area (Å²) in [4.78, 5) is 4.32. The maximum atomic E-state index is 4.99. The Kier molecular flexibility index (Phi) is 4.68. The van der Waals surface area contributed by atoms with Gasteiger partial charge in [0.05, 0.1) is 0 Å². The molecule has 2 aromatic rings. The van der Waals surface area contributed by atoms with Crippen LogP contribution in [0.1, 0.15) is 17.0 Å². The predicted molar refractivity (Wildman–Crippen MR) is 76.8 cm³/mol. The van der Waals surface area contributed by atoms with Gasteiger partial charge in [0, 0.05) is 29.7 Å². The standard InChI is InChI=1S/C12H14BrN3OS/c1-8-4-3-5-9(11(8)13)6-14-12-15-10(7-17-2)16-18-12/h3-5H,6-7H2,1-2H3,(H,14,15,16). The maximum Gasteiger partial charge on any atom is 0.202 e. The van der Waals surface area contributed by atoms with Crippen LogP contribution in [0.15, 0.2) is 22.7 Å². The summed E-state index contributed by atoms with van der Waals surface area (Å²) in [6, 6.07) is 6.21. The molecule has 1 aromatic carbocycles. The van der Waals surface area contributed by atoms with Crippen molar-refractivity contribution < 1.29 is 4.74 Å². The maximum absolute atomic E-state index is 4.99. The molecule has 0 saturated heterocycles. The zero-order valence-electron chi connectivity index (χ0n) is 10.2. The number of aryl methyl sites for hydroxylation is 1. The van der Waals surface area contributed by atoms with E-state index in [1.165, 1.54) is 22.7 Å². The number of hydrogen-bond donors (Lipinski definition) is 1. The number of aromatic nitrogens is 2. The van der Waals surface area contributed by atoms with Crippen LogP contribution in [0.2, 0.25) is 0 Å². The monoisotopic (exact) mass is 327 g/mol. The van der Waals surface area contributed by atoms with Gasteiger partial charge in [-0.3, -0.25) is 0 Å². The molecule has 0 atom stereocenters. The van der Waals surface area contributed by atoms with E-state index in [-0.39, 0.29) is 0 Å². The number of hydrogen-bond acceptors (Lipinski definition) is 5. The fraction of sp³-hybridized carbons (Fsp3) is 0.333. The van der Waals surface area contributed by atoms with Crippen molar-refractivity contribution in [1.82, 2.24) is 9.36 Å². The SMILES string of the molecule is COCc1nsc(NCc2cccc(C)c2Br)n1. The van der Waals surface area contributed by atoms with Crippen molar-refractivity contribution in [2.75, 3.05) is 12.4 Å². The van der Waals surface area contributed by atoms with Gasteiger partial charge in [-0.25, -0.2) is 4.98 Å². The second-order valence-corrected chi connectivity index (χ2v) is 5.40. The lowest BCUT2D eigenvalue weighted by atomic mass is 10.1. The normalized spacial score (nSPS) is 10.6. The molecular weight excluding hydrogens is 314 g/mol. The van der Waals surface area contributed by atoms with E-state index in [9.17, 15) is 0 Å². The van der Waals surface area contributed by atoms with Gasteiger partial charge in [0.25, 0.3) is 0 Å². The molecule has 0 spiro atoms. The molecule has 4 nitrogen and oxygen atoms in total. The van der Waals surface area contributed by atoms with Crippen LogP contribution < -0.4 is 5.32 Å². The highest BCUT2D eigenvalue weighted by Gasteiger charge is 2.05. The second-order valence-electron chi connectivity index (χ2n) is 3.85. The van der Waals surface area contributed by atoms with Crippen molar-refractivity contribution in [3.63, 3.8) is 0 Å². The summed E-state index contributed by atoms with van der Waals surface area (Å²) in [6.45, 7) is 3.26. The lowest BCUT2D eigenvalue weighted by molar-refractivity contribution is 0.179. The van der Waals surface area contributed by atoms with Gasteiger partial charge in [0.2, 0.25) is 5.13 Å². The van der Waals surface area contributed by atoms with Crippen LogP contribution in [0.5, 0.6) is 0 Å². The minimum Gasteiger partial charge on any atom is -0.377 e. The summed E-state index contributed by atoms with van der Waals surface area (Å²) in [5.41, 5.74) is 2.44. The Bertz CT molecular complexity index is 530. The average molecular weight is 328 g/mol. The molecule has 0 aliphatic heterocycles. The molecule has 18 heavy (non-hydrogen) atoms. The third-order valence-corrected chi connectivity index (χ3v) is 4.29. The summed E-state index contributed by atoms with van der Waals surface area (Å²) >= 11 is 4.94. The third-order valence-electron chi connectivity index (χ3n) is 2.44. The Morgan fingerprint density at radius 1 is 1.44 bits per heavy atom. The number of anilines is 1. The largest absolute Gasteiger partial charge is 0.377 e. The summed E-state index contributed by atoms with van der Waals surface area (Å²) in [5, 5.41) is 4.08. The highest BCUT2D eigenvalue weighted by atomic mass is 79.9. The van der Waals surface area contributed by atoms with Crippen LogP contribution in [0.25, 0.3) is 0 Å².